The van der Waals surface area contributed by atoms with Crippen LogP contribution in [0.5, 0.6) is 0 Å². The molecule has 3 rings (SSSR count). The summed E-state index contributed by atoms with van der Waals surface area (Å²) in [4.78, 5) is 47.9. The number of barbiturate groups is 1. The lowest BCUT2D eigenvalue weighted by Gasteiger charge is -2.28. The molecule has 1 aliphatic rings. The maximum atomic E-state index is 13.6. The van der Waals surface area contributed by atoms with Crippen LogP contribution in [-0.4, -0.2) is 28.0 Å². The molecule has 0 aliphatic carbocycles. The van der Waals surface area contributed by atoms with Gasteiger partial charge in [0.15, 0.2) is 0 Å². The first-order valence-corrected chi connectivity index (χ1v) is 7.06. The number of hydrogen-bond acceptors (Lipinski definition) is 4. The molecule has 1 aliphatic heterocycles. The number of carbonyl (C=O) groups is 3. The van der Waals surface area contributed by atoms with Crippen LogP contribution < -0.4 is 16.2 Å². The predicted octanol–water partition coefficient (Wildman–Crippen LogP) is 0.265. The van der Waals surface area contributed by atoms with Gasteiger partial charge in [0.2, 0.25) is 11.8 Å². The van der Waals surface area contributed by atoms with Gasteiger partial charge in [-0.05, 0) is 24.6 Å². The highest BCUT2D eigenvalue weighted by molar-refractivity contribution is 6.16. The van der Waals surface area contributed by atoms with E-state index in [1.165, 1.54) is 18.2 Å². The summed E-state index contributed by atoms with van der Waals surface area (Å²) in [6.45, 7) is 1.59. The zero-order valence-electron chi connectivity index (χ0n) is 12.5. The fourth-order valence-corrected chi connectivity index (χ4v) is 2.89. The van der Waals surface area contributed by atoms with E-state index in [1.807, 2.05) is 10.6 Å². The van der Waals surface area contributed by atoms with E-state index in [-0.39, 0.29) is 11.1 Å². The zero-order chi connectivity index (χ0) is 17.4. The molecule has 124 valence electrons. The van der Waals surface area contributed by atoms with Crippen molar-refractivity contribution in [3.05, 3.63) is 57.3 Å². The number of aromatic amines is 2. The Morgan fingerprint density at radius 2 is 1.71 bits per heavy atom. The molecule has 8 nitrogen and oxygen atoms in total. The molecule has 1 aromatic heterocycles. The van der Waals surface area contributed by atoms with Crippen LogP contribution in [0.25, 0.3) is 0 Å². The summed E-state index contributed by atoms with van der Waals surface area (Å²) in [5.74, 6) is -4.71. The number of hydrogen-bond donors (Lipinski definition) is 4. The summed E-state index contributed by atoms with van der Waals surface area (Å²) in [6.07, 6.45) is 0. The molecule has 0 spiro atoms. The Morgan fingerprint density at radius 3 is 2.25 bits per heavy atom. The van der Waals surface area contributed by atoms with Gasteiger partial charge in [0, 0.05) is 17.2 Å². The number of amides is 4. The number of benzene rings is 1. The zero-order valence-corrected chi connectivity index (χ0v) is 12.5. The molecule has 1 fully saturated rings. The van der Waals surface area contributed by atoms with Gasteiger partial charge in [-0.1, -0.05) is 12.1 Å². The maximum Gasteiger partial charge on any atom is 0.328 e. The van der Waals surface area contributed by atoms with E-state index in [2.05, 4.69) is 10.2 Å². The van der Waals surface area contributed by atoms with Crippen LogP contribution in [0, 0.1) is 18.7 Å². The van der Waals surface area contributed by atoms with Crippen molar-refractivity contribution in [3.8, 4) is 0 Å². The highest BCUT2D eigenvalue weighted by Crippen LogP contribution is 2.33. The highest BCUT2D eigenvalue weighted by Gasteiger charge is 2.43. The lowest BCUT2D eigenvalue weighted by molar-refractivity contribution is -0.136. The van der Waals surface area contributed by atoms with E-state index in [0.717, 1.165) is 6.07 Å². The molecule has 1 saturated heterocycles. The fourth-order valence-electron chi connectivity index (χ4n) is 2.89. The molecule has 0 bridgehead atoms. The third-order valence-electron chi connectivity index (χ3n) is 3.90. The van der Waals surface area contributed by atoms with Gasteiger partial charge in [-0.3, -0.25) is 30.1 Å². The second kappa shape index (κ2) is 5.76. The minimum absolute atomic E-state index is 0.130. The maximum absolute atomic E-state index is 13.6. The van der Waals surface area contributed by atoms with Crippen molar-refractivity contribution in [3.63, 3.8) is 0 Å². The number of carbonyl (C=O) groups excluding carboxylic acids is 3. The molecule has 2 heterocycles. The van der Waals surface area contributed by atoms with E-state index >= 15 is 0 Å². The van der Waals surface area contributed by atoms with Crippen LogP contribution in [0.3, 0.4) is 0 Å². The molecule has 2 aromatic rings. The standard InChI is InChI=1S/C15H13FN4O4/c1-6-9(14(23)20-19-6)10(7-3-2-4-8(16)5-7)11-12(21)17-15(24)18-13(11)22/h2-5,10-11H,1H3,(H2,19,20,23)(H2,17,18,21,22,24). The number of nitrogens with one attached hydrogen (secondary N) is 4. The van der Waals surface area contributed by atoms with Gasteiger partial charge in [0.25, 0.3) is 5.56 Å². The Balaban J connectivity index is 2.19. The lowest BCUT2D eigenvalue weighted by atomic mass is 9.79. The molecule has 1 unspecified atom stereocenters. The molecular formula is C15H13FN4O4. The van der Waals surface area contributed by atoms with Gasteiger partial charge in [0.05, 0.1) is 0 Å². The van der Waals surface area contributed by atoms with Gasteiger partial charge in [-0.25, -0.2) is 9.18 Å². The van der Waals surface area contributed by atoms with Crippen LogP contribution in [0.2, 0.25) is 0 Å². The fraction of sp³-hybridized carbons (Fsp3) is 0.200. The average molecular weight is 332 g/mol. The van der Waals surface area contributed by atoms with Crippen LogP contribution in [0.4, 0.5) is 9.18 Å². The molecule has 4 N–H and O–H groups in total. The Bertz CT molecular complexity index is 881. The molecule has 1 aromatic carbocycles. The summed E-state index contributed by atoms with van der Waals surface area (Å²) in [5.41, 5.74) is 0.282. The van der Waals surface area contributed by atoms with Crippen LogP contribution in [0.15, 0.2) is 29.1 Å². The smallest absolute Gasteiger partial charge is 0.302 e. The van der Waals surface area contributed by atoms with Gasteiger partial charge in [-0.15, -0.1) is 0 Å². The third kappa shape index (κ3) is 2.60. The first-order valence-electron chi connectivity index (χ1n) is 7.06. The van der Waals surface area contributed by atoms with Gasteiger partial charge in [0.1, 0.15) is 11.7 Å². The van der Waals surface area contributed by atoms with Gasteiger partial charge < -0.3 is 5.10 Å². The summed E-state index contributed by atoms with van der Waals surface area (Å²) >= 11 is 0. The Hall–Kier alpha value is -3.23. The number of aromatic nitrogens is 2. The number of urea groups is 1. The molecule has 9 heteroatoms. The SMILES string of the molecule is Cc1[nH][nH]c(=O)c1C(c1cccc(F)c1)C1C(=O)NC(=O)NC1=O. The Morgan fingerprint density at radius 1 is 1.04 bits per heavy atom. The quantitative estimate of drug-likeness (QED) is 0.602. The Kier molecular flexibility index (Phi) is 3.76. The van der Waals surface area contributed by atoms with Crippen molar-refractivity contribution in [2.75, 3.05) is 0 Å². The lowest BCUT2D eigenvalue weighted by Crippen LogP contribution is -2.57. The van der Waals surface area contributed by atoms with Crippen LogP contribution >= 0.6 is 0 Å². The second-order valence-corrected chi connectivity index (χ2v) is 5.44. The summed E-state index contributed by atoms with van der Waals surface area (Å²) < 4.78 is 13.6. The predicted molar refractivity (Wildman–Crippen MR) is 79.6 cm³/mol. The molecular weight excluding hydrogens is 319 g/mol. The van der Waals surface area contributed by atoms with Crippen molar-refractivity contribution in [2.45, 2.75) is 12.8 Å². The number of aryl methyl sites for hydroxylation is 1. The van der Waals surface area contributed by atoms with Gasteiger partial charge in [-0.2, -0.15) is 0 Å². The number of H-pyrrole nitrogens is 2. The summed E-state index contributed by atoms with van der Waals surface area (Å²) in [6, 6.07) is 4.35. The molecule has 4 amide bonds. The minimum Gasteiger partial charge on any atom is -0.302 e. The normalized spacial score (nSPS) is 16.7. The van der Waals surface area contributed by atoms with E-state index in [4.69, 9.17) is 0 Å². The molecule has 0 saturated carbocycles. The van der Waals surface area contributed by atoms with E-state index < -0.39 is 41.1 Å². The van der Waals surface area contributed by atoms with E-state index in [0.29, 0.717) is 5.69 Å². The second-order valence-electron chi connectivity index (χ2n) is 5.44. The topological polar surface area (TPSA) is 124 Å². The average Bonchev–Trinajstić information content (AvgIpc) is 2.82. The number of imide groups is 2. The van der Waals surface area contributed by atoms with Crippen molar-refractivity contribution in [1.29, 1.82) is 0 Å². The largest absolute Gasteiger partial charge is 0.328 e. The number of halogens is 1. The monoisotopic (exact) mass is 332 g/mol. The van der Waals surface area contributed by atoms with Crippen LogP contribution in [0.1, 0.15) is 22.7 Å². The van der Waals surface area contributed by atoms with Crippen molar-refractivity contribution in [1.82, 2.24) is 20.8 Å². The first-order chi connectivity index (χ1) is 11.4. The Labute approximate surface area is 134 Å². The summed E-state index contributed by atoms with van der Waals surface area (Å²) in [7, 11) is 0. The van der Waals surface area contributed by atoms with Crippen molar-refractivity contribution in [2.24, 2.45) is 5.92 Å². The number of rotatable bonds is 3. The van der Waals surface area contributed by atoms with Crippen molar-refractivity contribution >= 4 is 17.8 Å². The van der Waals surface area contributed by atoms with Crippen molar-refractivity contribution < 1.29 is 18.8 Å². The van der Waals surface area contributed by atoms with E-state index in [1.54, 1.807) is 6.92 Å². The first kappa shape index (κ1) is 15.7. The molecule has 24 heavy (non-hydrogen) atoms. The molecule has 0 radical (unpaired) electrons. The third-order valence-corrected chi connectivity index (χ3v) is 3.90. The molecule has 1 atom stereocenters. The highest BCUT2D eigenvalue weighted by atomic mass is 19.1. The van der Waals surface area contributed by atoms with Crippen LogP contribution in [-0.2, 0) is 9.59 Å². The summed E-state index contributed by atoms with van der Waals surface area (Å²) in [5, 5.41) is 8.99. The van der Waals surface area contributed by atoms with Gasteiger partial charge >= 0.3 is 6.03 Å². The minimum atomic E-state index is -1.39. The van der Waals surface area contributed by atoms with E-state index in [9.17, 15) is 23.6 Å².